The molecule has 0 fully saturated rings. The second kappa shape index (κ2) is 12.2. The van der Waals surface area contributed by atoms with Crippen molar-refractivity contribution in [2.45, 2.75) is 18.9 Å². The first-order valence-electron chi connectivity index (χ1n) is 8.22. The zero-order valence-electron chi connectivity index (χ0n) is 15.2. The highest BCUT2D eigenvalue weighted by Crippen LogP contribution is 2.15. The molecule has 1 aromatic rings. The number of halogens is 1. The fraction of sp³-hybridized carbons (Fsp3) is 0.444. The van der Waals surface area contributed by atoms with Crippen LogP contribution in [0.2, 0.25) is 5.02 Å². The maximum absolute atomic E-state index is 12.4. The standard InChI is InChI=1S/C18H22ClN3O4S/c1-22(10-5-9-20)16(23)12-26-18(25)15(8-11-27-2)21-17(24)13-6-3-4-7-14(13)19/h3-4,6-7,15H,5,8,10-12H2,1-2H3,(H,21,24). The molecule has 0 aromatic heterocycles. The largest absolute Gasteiger partial charge is 0.454 e. The number of nitrogens with one attached hydrogen (secondary N) is 1. The highest BCUT2D eigenvalue weighted by Gasteiger charge is 2.24. The van der Waals surface area contributed by atoms with Gasteiger partial charge in [-0.15, -0.1) is 0 Å². The minimum Gasteiger partial charge on any atom is -0.454 e. The number of nitrogens with zero attached hydrogens (tertiary/aromatic N) is 2. The van der Waals surface area contributed by atoms with Gasteiger partial charge in [0.05, 0.1) is 23.1 Å². The van der Waals surface area contributed by atoms with E-state index in [0.29, 0.717) is 12.2 Å². The minimum atomic E-state index is -0.890. The molecule has 0 saturated heterocycles. The van der Waals surface area contributed by atoms with E-state index in [1.807, 2.05) is 12.3 Å². The third-order valence-electron chi connectivity index (χ3n) is 3.64. The third-order valence-corrected chi connectivity index (χ3v) is 4.62. The summed E-state index contributed by atoms with van der Waals surface area (Å²) in [4.78, 5) is 38.0. The Kier molecular flexibility index (Phi) is 10.3. The number of amides is 2. The number of hydrogen-bond donors (Lipinski definition) is 1. The molecule has 0 aliphatic heterocycles. The summed E-state index contributed by atoms with van der Waals surface area (Å²) in [7, 11) is 1.53. The van der Waals surface area contributed by atoms with E-state index in [-0.39, 0.29) is 23.6 Å². The van der Waals surface area contributed by atoms with Gasteiger partial charge in [-0.1, -0.05) is 23.7 Å². The highest BCUT2D eigenvalue weighted by atomic mass is 35.5. The average Bonchev–Trinajstić information content (AvgIpc) is 2.67. The van der Waals surface area contributed by atoms with Gasteiger partial charge in [0.15, 0.2) is 6.61 Å². The molecule has 0 heterocycles. The lowest BCUT2D eigenvalue weighted by Gasteiger charge is -2.19. The molecule has 1 rings (SSSR count). The maximum atomic E-state index is 12.4. The monoisotopic (exact) mass is 411 g/mol. The molecule has 0 aliphatic carbocycles. The number of thioether (sulfide) groups is 1. The fourth-order valence-corrected chi connectivity index (χ4v) is 2.75. The van der Waals surface area contributed by atoms with Crippen LogP contribution in [0, 0.1) is 11.3 Å². The van der Waals surface area contributed by atoms with Crippen molar-refractivity contribution in [2.75, 3.05) is 32.2 Å². The molecule has 7 nitrogen and oxygen atoms in total. The molecule has 1 atom stereocenters. The molecule has 2 amide bonds. The Morgan fingerprint density at radius 1 is 1.37 bits per heavy atom. The number of carbonyl (C=O) groups excluding carboxylic acids is 3. The van der Waals surface area contributed by atoms with Gasteiger partial charge in [0.25, 0.3) is 11.8 Å². The molecule has 0 spiro atoms. The van der Waals surface area contributed by atoms with Crippen LogP contribution in [0.4, 0.5) is 0 Å². The Balaban J connectivity index is 2.68. The predicted octanol–water partition coefficient (Wildman–Crippen LogP) is 2.11. The lowest BCUT2D eigenvalue weighted by Crippen LogP contribution is -2.43. The van der Waals surface area contributed by atoms with Gasteiger partial charge in [-0.25, -0.2) is 4.79 Å². The number of carbonyl (C=O) groups is 3. The first-order valence-corrected chi connectivity index (χ1v) is 9.99. The number of nitriles is 1. The summed E-state index contributed by atoms with van der Waals surface area (Å²) in [6.07, 6.45) is 2.43. The highest BCUT2D eigenvalue weighted by molar-refractivity contribution is 7.98. The van der Waals surface area contributed by atoms with Crippen LogP contribution in [-0.4, -0.2) is 60.9 Å². The molecule has 0 radical (unpaired) electrons. The van der Waals surface area contributed by atoms with E-state index in [1.165, 1.54) is 23.7 Å². The van der Waals surface area contributed by atoms with Crippen LogP contribution in [-0.2, 0) is 14.3 Å². The molecule has 0 saturated carbocycles. The van der Waals surface area contributed by atoms with Gasteiger partial charge in [0.1, 0.15) is 6.04 Å². The molecule has 1 aromatic carbocycles. The summed E-state index contributed by atoms with van der Waals surface area (Å²) in [5.74, 6) is -0.967. The maximum Gasteiger partial charge on any atom is 0.329 e. The van der Waals surface area contributed by atoms with Crippen molar-refractivity contribution in [3.8, 4) is 6.07 Å². The Morgan fingerprint density at radius 2 is 2.07 bits per heavy atom. The molecule has 27 heavy (non-hydrogen) atoms. The van der Waals surface area contributed by atoms with E-state index in [2.05, 4.69) is 5.32 Å². The zero-order chi connectivity index (χ0) is 20.2. The van der Waals surface area contributed by atoms with Crippen molar-refractivity contribution in [1.82, 2.24) is 10.2 Å². The second-order valence-corrected chi connectivity index (χ2v) is 7.01. The van der Waals surface area contributed by atoms with Gasteiger partial charge in [-0.05, 0) is 30.6 Å². The SMILES string of the molecule is CSCCC(NC(=O)c1ccccc1Cl)C(=O)OCC(=O)N(C)CCC#N. The van der Waals surface area contributed by atoms with Crippen LogP contribution in [0.3, 0.4) is 0 Å². The van der Waals surface area contributed by atoms with Crippen LogP contribution < -0.4 is 5.32 Å². The van der Waals surface area contributed by atoms with Gasteiger partial charge in [0, 0.05) is 13.6 Å². The molecule has 1 N–H and O–H groups in total. The number of likely N-dealkylation sites (N-methyl/N-ethyl adjacent to an activating group) is 1. The van der Waals surface area contributed by atoms with Crippen molar-refractivity contribution < 1.29 is 19.1 Å². The summed E-state index contributed by atoms with van der Waals surface area (Å²) < 4.78 is 5.06. The normalized spacial score (nSPS) is 11.2. The Hall–Kier alpha value is -2.24. The van der Waals surface area contributed by atoms with Crippen molar-refractivity contribution >= 4 is 41.1 Å². The van der Waals surface area contributed by atoms with Crippen LogP contribution in [0.15, 0.2) is 24.3 Å². The van der Waals surface area contributed by atoms with E-state index < -0.39 is 30.4 Å². The van der Waals surface area contributed by atoms with Crippen LogP contribution in [0.5, 0.6) is 0 Å². The Labute approximate surface area is 168 Å². The minimum absolute atomic E-state index is 0.195. The van der Waals surface area contributed by atoms with Crippen molar-refractivity contribution in [3.05, 3.63) is 34.9 Å². The van der Waals surface area contributed by atoms with Gasteiger partial charge < -0.3 is 15.0 Å². The molecule has 1 unspecified atom stereocenters. The Bertz CT molecular complexity index is 708. The molecular weight excluding hydrogens is 390 g/mol. The van der Waals surface area contributed by atoms with Crippen molar-refractivity contribution in [1.29, 1.82) is 5.26 Å². The fourth-order valence-electron chi connectivity index (χ4n) is 2.05. The summed E-state index contributed by atoms with van der Waals surface area (Å²) >= 11 is 7.53. The summed E-state index contributed by atoms with van der Waals surface area (Å²) in [6.45, 7) is -0.190. The zero-order valence-corrected chi connectivity index (χ0v) is 16.8. The number of benzene rings is 1. The number of rotatable bonds is 10. The summed E-state index contributed by atoms with van der Waals surface area (Å²) in [5, 5.41) is 11.4. The number of ether oxygens (including phenoxy) is 1. The molecule has 0 aliphatic rings. The van der Waals surface area contributed by atoms with E-state index in [0.717, 1.165) is 0 Å². The van der Waals surface area contributed by atoms with Crippen molar-refractivity contribution in [3.63, 3.8) is 0 Å². The van der Waals surface area contributed by atoms with Crippen molar-refractivity contribution in [2.24, 2.45) is 0 Å². The first kappa shape index (κ1) is 22.8. The van der Waals surface area contributed by atoms with Gasteiger partial charge >= 0.3 is 5.97 Å². The smallest absolute Gasteiger partial charge is 0.329 e. The topological polar surface area (TPSA) is 99.5 Å². The lowest BCUT2D eigenvalue weighted by atomic mass is 10.1. The second-order valence-electron chi connectivity index (χ2n) is 5.62. The average molecular weight is 412 g/mol. The molecular formula is C18H22ClN3O4S. The van der Waals surface area contributed by atoms with E-state index in [1.54, 1.807) is 24.3 Å². The summed E-state index contributed by atoms with van der Waals surface area (Å²) in [5.41, 5.74) is 0.258. The van der Waals surface area contributed by atoms with E-state index in [4.69, 9.17) is 21.6 Å². The number of hydrogen-bond acceptors (Lipinski definition) is 6. The third kappa shape index (κ3) is 7.89. The molecule has 9 heteroatoms. The van der Waals surface area contributed by atoms with Gasteiger partial charge in [-0.2, -0.15) is 17.0 Å². The van der Waals surface area contributed by atoms with Gasteiger partial charge in [0.2, 0.25) is 0 Å². The quantitative estimate of drug-likeness (QED) is 0.592. The number of esters is 1. The first-order chi connectivity index (χ1) is 12.9. The Morgan fingerprint density at radius 3 is 2.70 bits per heavy atom. The van der Waals surface area contributed by atoms with E-state index in [9.17, 15) is 14.4 Å². The summed E-state index contributed by atoms with van der Waals surface area (Å²) in [6, 6.07) is 7.57. The van der Waals surface area contributed by atoms with Crippen LogP contribution in [0.25, 0.3) is 0 Å². The predicted molar refractivity (Wildman–Crippen MR) is 105 cm³/mol. The van der Waals surface area contributed by atoms with Crippen LogP contribution in [0.1, 0.15) is 23.2 Å². The van der Waals surface area contributed by atoms with E-state index >= 15 is 0 Å². The van der Waals surface area contributed by atoms with Crippen LogP contribution >= 0.6 is 23.4 Å². The van der Waals surface area contributed by atoms with Gasteiger partial charge in [-0.3, -0.25) is 9.59 Å². The molecule has 0 bridgehead atoms. The molecule has 146 valence electrons. The lowest BCUT2D eigenvalue weighted by molar-refractivity contribution is -0.153.